The van der Waals surface area contributed by atoms with E-state index in [0.717, 1.165) is 12.8 Å². The average molecular weight is 298 g/mol. The maximum absolute atomic E-state index is 11.6. The molecule has 0 spiro atoms. The van der Waals surface area contributed by atoms with E-state index >= 15 is 0 Å². The Morgan fingerprint density at radius 2 is 2.10 bits per heavy atom. The number of aromatic nitrogens is 2. The van der Waals surface area contributed by atoms with Crippen molar-refractivity contribution in [3.05, 3.63) is 5.89 Å². The summed E-state index contributed by atoms with van der Waals surface area (Å²) in [5.41, 5.74) is 0. The van der Waals surface area contributed by atoms with E-state index in [0.29, 0.717) is 17.0 Å². The van der Waals surface area contributed by atoms with Crippen LogP contribution < -0.4 is 10.6 Å². The Morgan fingerprint density at radius 1 is 1.35 bits per heavy atom. The molecule has 0 aromatic carbocycles. The topological polar surface area (TPSA) is 97.1 Å². The second-order valence-corrected chi connectivity index (χ2v) is 5.89. The van der Waals surface area contributed by atoms with Crippen molar-refractivity contribution in [2.24, 2.45) is 0 Å². The van der Waals surface area contributed by atoms with Gasteiger partial charge in [0.05, 0.1) is 12.3 Å². The SMILES string of the molecule is CC(C)NC(=O)CNC(=O)CSc1nnc(C2CC2)o1. The predicted octanol–water partition coefficient (Wildman–Crippen LogP) is 0.680. The van der Waals surface area contributed by atoms with Gasteiger partial charge >= 0.3 is 0 Å². The Bertz CT molecular complexity index is 485. The lowest BCUT2D eigenvalue weighted by Gasteiger charge is -2.08. The average Bonchev–Trinajstić information content (AvgIpc) is 3.13. The molecule has 0 radical (unpaired) electrons. The molecule has 2 N–H and O–H groups in total. The van der Waals surface area contributed by atoms with Crippen LogP contribution in [0, 0.1) is 0 Å². The molecule has 1 aromatic heterocycles. The summed E-state index contributed by atoms with van der Waals surface area (Å²) in [5.74, 6) is 0.781. The molecule has 1 saturated carbocycles. The number of nitrogens with zero attached hydrogens (tertiary/aromatic N) is 2. The Hall–Kier alpha value is -1.57. The first kappa shape index (κ1) is 14.8. The molecular formula is C12H18N4O3S. The second-order valence-electron chi connectivity index (χ2n) is 4.97. The van der Waals surface area contributed by atoms with Crippen molar-refractivity contribution < 1.29 is 14.0 Å². The zero-order valence-electron chi connectivity index (χ0n) is 11.5. The highest BCUT2D eigenvalue weighted by Gasteiger charge is 2.29. The second kappa shape index (κ2) is 6.74. The Morgan fingerprint density at radius 3 is 2.75 bits per heavy atom. The first-order valence-corrected chi connectivity index (χ1v) is 7.55. The van der Waals surface area contributed by atoms with Crippen LogP contribution in [0.4, 0.5) is 0 Å². The zero-order chi connectivity index (χ0) is 14.5. The molecule has 1 aliphatic carbocycles. The van der Waals surface area contributed by atoms with Gasteiger partial charge in [0, 0.05) is 12.0 Å². The lowest BCUT2D eigenvalue weighted by molar-refractivity contribution is -0.125. The molecule has 0 unspecified atom stereocenters. The van der Waals surface area contributed by atoms with Gasteiger partial charge in [-0.25, -0.2) is 0 Å². The van der Waals surface area contributed by atoms with E-state index in [1.807, 2.05) is 13.8 Å². The van der Waals surface area contributed by atoms with Gasteiger partial charge in [-0.15, -0.1) is 10.2 Å². The largest absolute Gasteiger partial charge is 0.416 e. The summed E-state index contributed by atoms with van der Waals surface area (Å²) in [7, 11) is 0. The molecule has 0 atom stereocenters. The van der Waals surface area contributed by atoms with E-state index in [4.69, 9.17) is 4.42 Å². The van der Waals surface area contributed by atoms with E-state index in [9.17, 15) is 9.59 Å². The molecule has 20 heavy (non-hydrogen) atoms. The highest BCUT2D eigenvalue weighted by molar-refractivity contribution is 7.99. The van der Waals surface area contributed by atoms with Crippen molar-refractivity contribution in [1.29, 1.82) is 0 Å². The summed E-state index contributed by atoms with van der Waals surface area (Å²) >= 11 is 1.18. The van der Waals surface area contributed by atoms with Gasteiger partial charge in [0.25, 0.3) is 5.22 Å². The highest BCUT2D eigenvalue weighted by atomic mass is 32.2. The van der Waals surface area contributed by atoms with Gasteiger partial charge in [0.15, 0.2) is 0 Å². The van der Waals surface area contributed by atoms with Crippen molar-refractivity contribution in [3.63, 3.8) is 0 Å². The summed E-state index contributed by atoms with van der Waals surface area (Å²) in [5, 5.41) is 13.4. The molecule has 8 heteroatoms. The standard InChI is InChI=1S/C12H18N4O3S/c1-7(2)14-9(17)5-13-10(18)6-20-12-16-15-11(19-12)8-3-4-8/h7-8H,3-6H2,1-2H3,(H,13,18)(H,14,17). The third kappa shape index (κ3) is 4.84. The third-order valence-corrected chi connectivity index (χ3v) is 3.39. The fourth-order valence-electron chi connectivity index (χ4n) is 1.50. The summed E-state index contributed by atoms with van der Waals surface area (Å²) in [4.78, 5) is 22.9. The number of carbonyl (C=O) groups is 2. The lowest BCUT2D eigenvalue weighted by atomic mass is 10.4. The molecule has 1 aromatic rings. The van der Waals surface area contributed by atoms with Gasteiger partial charge in [-0.3, -0.25) is 9.59 Å². The molecule has 2 rings (SSSR count). The maximum Gasteiger partial charge on any atom is 0.277 e. The van der Waals surface area contributed by atoms with Crippen molar-refractivity contribution >= 4 is 23.6 Å². The maximum atomic E-state index is 11.6. The number of thioether (sulfide) groups is 1. The van der Waals surface area contributed by atoms with Gasteiger partial charge < -0.3 is 15.1 Å². The molecule has 110 valence electrons. The van der Waals surface area contributed by atoms with Crippen LogP contribution in [0.15, 0.2) is 9.64 Å². The van der Waals surface area contributed by atoms with Crippen molar-refractivity contribution in [1.82, 2.24) is 20.8 Å². The number of amides is 2. The number of nitrogens with one attached hydrogen (secondary N) is 2. The van der Waals surface area contributed by atoms with Crippen molar-refractivity contribution in [3.8, 4) is 0 Å². The van der Waals surface area contributed by atoms with Crippen molar-refractivity contribution in [2.75, 3.05) is 12.3 Å². The molecule has 1 fully saturated rings. The van der Waals surface area contributed by atoms with Gasteiger partial charge in [-0.05, 0) is 26.7 Å². The van der Waals surface area contributed by atoms with Crippen LogP contribution in [0.25, 0.3) is 0 Å². The number of hydrogen-bond acceptors (Lipinski definition) is 6. The fourth-order valence-corrected chi connectivity index (χ4v) is 2.10. The molecule has 0 bridgehead atoms. The van der Waals surface area contributed by atoms with E-state index in [1.165, 1.54) is 11.8 Å². The van der Waals surface area contributed by atoms with E-state index in [1.54, 1.807) is 0 Å². The monoisotopic (exact) mass is 298 g/mol. The highest BCUT2D eigenvalue weighted by Crippen LogP contribution is 2.39. The van der Waals surface area contributed by atoms with Crippen LogP contribution in [0.2, 0.25) is 0 Å². The fraction of sp³-hybridized carbons (Fsp3) is 0.667. The number of rotatable bonds is 7. The molecule has 1 aliphatic rings. The lowest BCUT2D eigenvalue weighted by Crippen LogP contribution is -2.40. The van der Waals surface area contributed by atoms with E-state index in [2.05, 4.69) is 20.8 Å². The van der Waals surface area contributed by atoms with Crippen LogP contribution in [0.3, 0.4) is 0 Å². The third-order valence-electron chi connectivity index (χ3n) is 2.57. The van der Waals surface area contributed by atoms with E-state index < -0.39 is 0 Å². The number of carbonyl (C=O) groups excluding carboxylic acids is 2. The Balaban J connectivity index is 1.65. The van der Waals surface area contributed by atoms with Crippen LogP contribution in [-0.2, 0) is 9.59 Å². The van der Waals surface area contributed by atoms with E-state index in [-0.39, 0.29) is 30.2 Å². The molecule has 0 aliphatic heterocycles. The first-order chi connectivity index (χ1) is 9.54. The summed E-state index contributed by atoms with van der Waals surface area (Å²) in [6.07, 6.45) is 2.19. The van der Waals surface area contributed by atoms with Gasteiger partial charge in [0.2, 0.25) is 17.7 Å². The zero-order valence-corrected chi connectivity index (χ0v) is 12.3. The molecule has 2 amide bonds. The molecular weight excluding hydrogens is 280 g/mol. The van der Waals surface area contributed by atoms with Crippen molar-refractivity contribution in [2.45, 2.75) is 43.9 Å². The first-order valence-electron chi connectivity index (χ1n) is 6.57. The summed E-state index contributed by atoms with van der Waals surface area (Å²) in [6, 6.07) is 0.0630. The van der Waals surface area contributed by atoms with Crippen LogP contribution in [0.5, 0.6) is 0 Å². The number of hydrogen-bond donors (Lipinski definition) is 2. The molecule has 1 heterocycles. The molecule has 7 nitrogen and oxygen atoms in total. The normalized spacial score (nSPS) is 14.3. The minimum absolute atomic E-state index is 0.0191. The van der Waals surface area contributed by atoms with Crippen LogP contribution in [0.1, 0.15) is 38.5 Å². The minimum atomic E-state index is -0.236. The summed E-state index contributed by atoms with van der Waals surface area (Å²) in [6.45, 7) is 3.71. The van der Waals surface area contributed by atoms with Crippen LogP contribution >= 0.6 is 11.8 Å². The smallest absolute Gasteiger partial charge is 0.277 e. The Kier molecular flexibility index (Phi) is 4.99. The predicted molar refractivity (Wildman–Crippen MR) is 73.3 cm³/mol. The minimum Gasteiger partial charge on any atom is -0.416 e. The summed E-state index contributed by atoms with van der Waals surface area (Å²) < 4.78 is 5.42. The van der Waals surface area contributed by atoms with Gasteiger partial charge in [-0.1, -0.05) is 11.8 Å². The van der Waals surface area contributed by atoms with Crippen LogP contribution in [-0.4, -0.2) is 40.4 Å². The quantitative estimate of drug-likeness (QED) is 0.718. The Labute approximate surface area is 121 Å². The van der Waals surface area contributed by atoms with Gasteiger partial charge in [0.1, 0.15) is 0 Å². The molecule has 0 saturated heterocycles. The van der Waals surface area contributed by atoms with Gasteiger partial charge in [-0.2, -0.15) is 0 Å².